The number of carbonyl (C=O) groups is 3. The summed E-state index contributed by atoms with van der Waals surface area (Å²) in [6, 6.07) is 14.3. The van der Waals surface area contributed by atoms with Crippen molar-refractivity contribution in [1.29, 1.82) is 0 Å². The zero-order chi connectivity index (χ0) is 41.2. The van der Waals surface area contributed by atoms with Gasteiger partial charge in [-0.25, -0.2) is 9.97 Å². The molecule has 0 spiro atoms. The van der Waals surface area contributed by atoms with Gasteiger partial charge in [0, 0.05) is 93.7 Å². The van der Waals surface area contributed by atoms with Crippen molar-refractivity contribution in [1.82, 2.24) is 45.1 Å². The van der Waals surface area contributed by atoms with E-state index in [0.29, 0.717) is 47.4 Å². The second-order valence-corrected chi connectivity index (χ2v) is 17.6. The average molecular weight is 835 g/mol. The van der Waals surface area contributed by atoms with Crippen molar-refractivity contribution in [3.63, 3.8) is 0 Å². The van der Waals surface area contributed by atoms with E-state index < -0.39 is 11.9 Å². The van der Waals surface area contributed by atoms with Crippen LogP contribution in [0.3, 0.4) is 0 Å². The van der Waals surface area contributed by atoms with E-state index in [2.05, 4.69) is 60.1 Å². The van der Waals surface area contributed by atoms with Crippen LogP contribution in [0.25, 0.3) is 11.3 Å². The van der Waals surface area contributed by atoms with Crippen LogP contribution in [0.5, 0.6) is 5.75 Å². The van der Waals surface area contributed by atoms with Crippen molar-refractivity contribution in [3.8, 4) is 17.0 Å². The smallest absolute Gasteiger partial charge is 0.255 e. The molecule has 0 unspecified atom stereocenters. The molecule has 2 saturated carbocycles. The highest BCUT2D eigenvalue weighted by Crippen LogP contribution is 2.37. The first-order valence-corrected chi connectivity index (χ1v) is 22.1. The summed E-state index contributed by atoms with van der Waals surface area (Å²) in [5, 5.41) is 14.9. The molecule has 5 heterocycles. The predicted molar refractivity (Wildman–Crippen MR) is 228 cm³/mol. The van der Waals surface area contributed by atoms with E-state index in [1.54, 1.807) is 17.2 Å². The van der Waals surface area contributed by atoms with Gasteiger partial charge in [0.05, 0.1) is 29.7 Å². The second kappa shape index (κ2) is 18.0. The van der Waals surface area contributed by atoms with Gasteiger partial charge >= 0.3 is 0 Å². The molecule has 3 N–H and O–H groups in total. The third-order valence-corrected chi connectivity index (χ3v) is 13.3. The van der Waals surface area contributed by atoms with Crippen molar-refractivity contribution in [2.75, 3.05) is 44.6 Å². The van der Waals surface area contributed by atoms with Crippen LogP contribution in [0.15, 0.2) is 54.9 Å². The van der Waals surface area contributed by atoms with Gasteiger partial charge in [0.1, 0.15) is 18.4 Å². The Bertz CT molecular complexity index is 2190. The number of nitrogens with zero attached hydrogens (tertiary/aromatic N) is 7. The summed E-state index contributed by atoms with van der Waals surface area (Å²) in [6.45, 7) is 7.89. The minimum Gasteiger partial charge on any atom is -0.489 e. The van der Waals surface area contributed by atoms with Gasteiger partial charge in [0.15, 0.2) is 0 Å². The summed E-state index contributed by atoms with van der Waals surface area (Å²) in [5.74, 6) is 1.12. The molecule has 0 bridgehead atoms. The van der Waals surface area contributed by atoms with Gasteiger partial charge in [-0.3, -0.25) is 34.2 Å². The van der Waals surface area contributed by atoms with Crippen LogP contribution >= 0.6 is 11.6 Å². The molecule has 316 valence electrons. The second-order valence-electron chi connectivity index (χ2n) is 17.2. The minimum absolute atomic E-state index is 0.200. The number of nitrogens with one attached hydrogen (secondary N) is 3. The fourth-order valence-corrected chi connectivity index (χ4v) is 9.39. The molecule has 4 aromatic rings. The fourth-order valence-electron chi connectivity index (χ4n) is 9.20. The monoisotopic (exact) mass is 834 g/mol. The van der Waals surface area contributed by atoms with Crippen LogP contribution in [-0.4, -0.2) is 110 Å². The lowest BCUT2D eigenvalue weighted by atomic mass is 9.91. The minimum atomic E-state index is -0.648. The third-order valence-electron chi connectivity index (χ3n) is 13.0. The van der Waals surface area contributed by atoms with Crippen molar-refractivity contribution in [2.24, 2.45) is 13.0 Å². The largest absolute Gasteiger partial charge is 0.489 e. The maximum atomic E-state index is 13.2. The van der Waals surface area contributed by atoms with Gasteiger partial charge in [-0.05, 0) is 80.5 Å². The summed E-state index contributed by atoms with van der Waals surface area (Å²) < 4.78 is 8.19. The quantitative estimate of drug-likeness (QED) is 0.140. The van der Waals surface area contributed by atoms with E-state index in [-0.39, 0.29) is 24.8 Å². The Labute approximate surface area is 356 Å². The Morgan fingerprint density at radius 2 is 1.62 bits per heavy atom. The van der Waals surface area contributed by atoms with Gasteiger partial charge in [-0.15, -0.1) is 0 Å². The van der Waals surface area contributed by atoms with Crippen LogP contribution < -0.4 is 20.7 Å². The zero-order valence-corrected chi connectivity index (χ0v) is 35.1. The van der Waals surface area contributed by atoms with E-state index >= 15 is 0 Å². The molecule has 14 nitrogen and oxygen atoms in total. The van der Waals surface area contributed by atoms with Crippen molar-refractivity contribution in [2.45, 2.75) is 95.6 Å². The number of rotatable bonds is 15. The summed E-state index contributed by atoms with van der Waals surface area (Å²) in [6.07, 6.45) is 12.2. The Balaban J connectivity index is 0.668. The number of imide groups is 1. The lowest BCUT2D eigenvalue weighted by Crippen LogP contribution is -2.52. The van der Waals surface area contributed by atoms with Gasteiger partial charge in [-0.2, -0.15) is 5.10 Å². The molecule has 60 heavy (non-hydrogen) atoms. The van der Waals surface area contributed by atoms with E-state index in [1.165, 1.54) is 24.1 Å². The van der Waals surface area contributed by atoms with Crippen LogP contribution in [0.4, 0.5) is 5.95 Å². The molecular weight excluding hydrogens is 780 g/mol. The number of aryl methyl sites for hydroxylation is 1. The van der Waals surface area contributed by atoms with Crippen LogP contribution in [0.1, 0.15) is 84.1 Å². The highest BCUT2D eigenvalue weighted by Gasteiger charge is 2.40. The summed E-state index contributed by atoms with van der Waals surface area (Å²) in [5.41, 5.74) is 6.64. The van der Waals surface area contributed by atoms with Gasteiger partial charge in [0.2, 0.25) is 17.8 Å². The first kappa shape index (κ1) is 40.5. The molecule has 2 aromatic carbocycles. The highest BCUT2D eigenvalue weighted by molar-refractivity contribution is 6.33. The number of aromatic nitrogens is 4. The highest BCUT2D eigenvalue weighted by atomic mass is 35.5. The van der Waals surface area contributed by atoms with Crippen LogP contribution in [0, 0.1) is 5.92 Å². The SMILES string of the molecule is Cn1ncc(-c2nc(N[C@H]3CC[C@H](NCCN4CCN(Cc5ccc(COc6cccc7c6CN([C@H]6CCC(=O)NC6=O)C7=O)cc5)CC4)CC3)ncc2Cl)c1CC1CC1. The average Bonchev–Trinajstić information content (AvgIpc) is 3.93. The van der Waals surface area contributed by atoms with Crippen molar-refractivity contribution < 1.29 is 19.1 Å². The molecule has 4 fully saturated rings. The van der Waals surface area contributed by atoms with Crippen LogP contribution in [-0.2, 0) is 42.8 Å². The van der Waals surface area contributed by atoms with Gasteiger partial charge in [-0.1, -0.05) is 41.9 Å². The predicted octanol–water partition coefficient (Wildman–Crippen LogP) is 4.95. The number of anilines is 1. The Kier molecular flexibility index (Phi) is 12.1. The Morgan fingerprint density at radius 3 is 2.38 bits per heavy atom. The first-order valence-electron chi connectivity index (χ1n) is 21.7. The molecule has 9 rings (SSSR count). The number of piperidine rings is 1. The number of hydrogen-bond acceptors (Lipinski definition) is 11. The molecule has 2 aromatic heterocycles. The molecule has 0 radical (unpaired) electrons. The first-order chi connectivity index (χ1) is 29.2. The molecule has 2 saturated heterocycles. The maximum Gasteiger partial charge on any atom is 0.255 e. The van der Waals surface area contributed by atoms with E-state index in [4.69, 9.17) is 21.3 Å². The molecule has 3 aliphatic heterocycles. The number of carbonyl (C=O) groups excluding carboxylic acids is 3. The lowest BCUT2D eigenvalue weighted by Gasteiger charge is -2.35. The molecular formula is C45H55ClN10O4. The van der Waals surface area contributed by atoms with Gasteiger partial charge in [0.25, 0.3) is 5.91 Å². The fraction of sp³-hybridized carbons (Fsp3) is 0.511. The Hall–Kier alpha value is -4.89. The number of hydrogen-bond donors (Lipinski definition) is 3. The maximum absolute atomic E-state index is 13.2. The number of fused-ring (bicyclic) bond motifs is 1. The number of halogens is 1. The molecule has 2 aliphatic carbocycles. The summed E-state index contributed by atoms with van der Waals surface area (Å²) in [4.78, 5) is 53.3. The number of piperazine rings is 1. The van der Waals surface area contributed by atoms with E-state index in [1.807, 2.05) is 30.1 Å². The molecule has 5 aliphatic rings. The molecule has 3 amide bonds. The van der Waals surface area contributed by atoms with Crippen LogP contribution in [0.2, 0.25) is 5.02 Å². The lowest BCUT2D eigenvalue weighted by molar-refractivity contribution is -0.136. The standard InChI is InChI=1S/C45H55ClN10O4/c1-53-39(23-29-5-6-29)35(24-49-53)42-37(46)25-48-45(52-42)50-33-13-11-32(12-14-33)47-17-18-54-19-21-55(22-20-54)26-30-7-9-31(10-8-30)28-60-40-4-2-3-34-36(40)27-56(44(34)59)38-15-16-41(57)51-43(38)58/h2-4,7-10,24-25,29,32-33,38,47H,5-6,11-23,26-28H2,1H3,(H,48,50,52)(H,51,57,58)/t32-,33-,38-/m0/s1. The summed E-state index contributed by atoms with van der Waals surface area (Å²) in [7, 11) is 2.00. The number of benzene rings is 2. The van der Waals surface area contributed by atoms with Crippen molar-refractivity contribution >= 4 is 35.3 Å². The number of amides is 3. The molecule has 1 atom stereocenters. The zero-order valence-electron chi connectivity index (χ0n) is 34.4. The number of ether oxygens (including phenoxy) is 1. The topological polar surface area (TPSA) is 150 Å². The molecule has 15 heteroatoms. The van der Waals surface area contributed by atoms with Gasteiger partial charge < -0.3 is 20.3 Å². The van der Waals surface area contributed by atoms with Crippen molar-refractivity contribution in [3.05, 3.63) is 87.8 Å². The Morgan fingerprint density at radius 1 is 0.867 bits per heavy atom. The summed E-state index contributed by atoms with van der Waals surface area (Å²) >= 11 is 6.61. The normalized spacial score (nSPS) is 22.5. The van der Waals surface area contributed by atoms with E-state index in [9.17, 15) is 14.4 Å². The third kappa shape index (κ3) is 9.36. The van der Waals surface area contributed by atoms with E-state index in [0.717, 1.165) is 106 Å².